The summed E-state index contributed by atoms with van der Waals surface area (Å²) in [7, 11) is 1.63. The molecule has 0 radical (unpaired) electrons. The Balaban J connectivity index is 1.92. The van der Waals surface area contributed by atoms with Crippen LogP contribution in [0.2, 0.25) is 0 Å². The van der Waals surface area contributed by atoms with Crippen LogP contribution in [0.5, 0.6) is 11.5 Å². The van der Waals surface area contributed by atoms with Crippen LogP contribution in [0.4, 0.5) is 5.69 Å². The molecule has 2 N–H and O–H groups in total. The first-order chi connectivity index (χ1) is 8.81. The van der Waals surface area contributed by atoms with E-state index in [1.165, 1.54) is 38.5 Å². The summed E-state index contributed by atoms with van der Waals surface area (Å²) in [5.74, 6) is 2.12. The van der Waals surface area contributed by atoms with Gasteiger partial charge in [0.2, 0.25) is 0 Å². The fraction of sp³-hybridized carbons (Fsp3) is 0.600. The molecule has 0 saturated heterocycles. The van der Waals surface area contributed by atoms with Crippen molar-refractivity contribution < 1.29 is 9.47 Å². The van der Waals surface area contributed by atoms with Crippen molar-refractivity contribution in [2.45, 2.75) is 38.5 Å². The van der Waals surface area contributed by atoms with Crippen LogP contribution in [0.3, 0.4) is 0 Å². The molecule has 2 rings (SSSR count). The third-order valence-corrected chi connectivity index (χ3v) is 3.70. The molecule has 0 aromatic heterocycles. The quantitative estimate of drug-likeness (QED) is 0.654. The highest BCUT2D eigenvalue weighted by Crippen LogP contribution is 2.32. The second-order valence-electron chi connectivity index (χ2n) is 5.04. The zero-order valence-corrected chi connectivity index (χ0v) is 11.2. The van der Waals surface area contributed by atoms with E-state index in [1.54, 1.807) is 7.11 Å². The summed E-state index contributed by atoms with van der Waals surface area (Å²) < 4.78 is 11.1. The number of anilines is 1. The van der Waals surface area contributed by atoms with Crippen LogP contribution in [0.1, 0.15) is 38.5 Å². The van der Waals surface area contributed by atoms with Gasteiger partial charge in [-0.15, -0.1) is 0 Å². The van der Waals surface area contributed by atoms with Crippen LogP contribution in [-0.4, -0.2) is 13.7 Å². The molecule has 0 spiro atoms. The van der Waals surface area contributed by atoms with Crippen molar-refractivity contribution in [3.8, 4) is 11.5 Å². The van der Waals surface area contributed by atoms with Crippen molar-refractivity contribution in [1.82, 2.24) is 0 Å². The summed E-state index contributed by atoms with van der Waals surface area (Å²) >= 11 is 0. The highest BCUT2D eigenvalue weighted by atomic mass is 16.5. The topological polar surface area (TPSA) is 44.5 Å². The second kappa shape index (κ2) is 6.53. The molecule has 0 atom stereocenters. The molecule has 0 bridgehead atoms. The predicted molar refractivity (Wildman–Crippen MR) is 74.1 cm³/mol. The molecular formula is C15H23NO2. The Bertz CT molecular complexity index is 371. The standard InChI is InChI=1S/C15H23NO2/c1-17-13-9-6-10-14(15(13)16)18-11-12-7-4-2-3-5-8-12/h6,9-10,12H,2-5,7-8,11,16H2,1H3. The Morgan fingerprint density at radius 2 is 1.78 bits per heavy atom. The molecule has 3 nitrogen and oxygen atoms in total. The van der Waals surface area contributed by atoms with Crippen molar-refractivity contribution in [2.75, 3.05) is 19.5 Å². The molecule has 1 fully saturated rings. The first kappa shape index (κ1) is 13.1. The number of benzene rings is 1. The molecule has 0 aliphatic heterocycles. The third-order valence-electron chi connectivity index (χ3n) is 3.70. The van der Waals surface area contributed by atoms with E-state index in [0.717, 1.165) is 12.4 Å². The van der Waals surface area contributed by atoms with Gasteiger partial charge < -0.3 is 15.2 Å². The van der Waals surface area contributed by atoms with E-state index < -0.39 is 0 Å². The maximum Gasteiger partial charge on any atom is 0.146 e. The Kier molecular flexibility index (Phi) is 4.73. The Labute approximate surface area is 109 Å². The van der Waals surface area contributed by atoms with Crippen molar-refractivity contribution in [1.29, 1.82) is 0 Å². The van der Waals surface area contributed by atoms with Gasteiger partial charge in [-0.1, -0.05) is 31.7 Å². The minimum atomic E-state index is 0.605. The number of ether oxygens (including phenoxy) is 2. The SMILES string of the molecule is COc1cccc(OCC2CCCCCC2)c1N. The van der Waals surface area contributed by atoms with Gasteiger partial charge in [-0.25, -0.2) is 0 Å². The van der Waals surface area contributed by atoms with Gasteiger partial charge in [0.25, 0.3) is 0 Å². The number of nitrogens with two attached hydrogens (primary N) is 1. The summed E-state index contributed by atoms with van der Waals surface area (Å²) in [5.41, 5.74) is 6.60. The Hall–Kier alpha value is -1.38. The van der Waals surface area contributed by atoms with E-state index in [0.29, 0.717) is 17.4 Å². The molecule has 0 unspecified atom stereocenters. The van der Waals surface area contributed by atoms with Gasteiger partial charge in [-0.2, -0.15) is 0 Å². The lowest BCUT2D eigenvalue weighted by Gasteiger charge is -2.17. The van der Waals surface area contributed by atoms with Crippen LogP contribution < -0.4 is 15.2 Å². The third kappa shape index (κ3) is 3.31. The number of hydrogen-bond acceptors (Lipinski definition) is 3. The molecule has 18 heavy (non-hydrogen) atoms. The fourth-order valence-corrected chi connectivity index (χ4v) is 2.57. The summed E-state index contributed by atoms with van der Waals surface area (Å²) in [6.45, 7) is 0.775. The van der Waals surface area contributed by atoms with E-state index >= 15 is 0 Å². The number of rotatable bonds is 4. The van der Waals surface area contributed by atoms with Crippen LogP contribution in [0.15, 0.2) is 18.2 Å². The smallest absolute Gasteiger partial charge is 0.146 e. The summed E-state index contributed by atoms with van der Waals surface area (Å²) in [6.07, 6.45) is 7.98. The number of para-hydroxylation sites is 1. The molecule has 1 aliphatic rings. The molecule has 1 aliphatic carbocycles. The lowest BCUT2D eigenvalue weighted by molar-refractivity contribution is 0.234. The largest absolute Gasteiger partial charge is 0.494 e. The van der Waals surface area contributed by atoms with E-state index in [9.17, 15) is 0 Å². The molecule has 1 saturated carbocycles. The van der Waals surface area contributed by atoms with Gasteiger partial charge in [0, 0.05) is 0 Å². The van der Waals surface area contributed by atoms with Crippen molar-refractivity contribution in [2.24, 2.45) is 5.92 Å². The number of hydrogen-bond donors (Lipinski definition) is 1. The molecule has 1 aromatic rings. The first-order valence-electron chi connectivity index (χ1n) is 6.86. The average molecular weight is 249 g/mol. The lowest BCUT2D eigenvalue weighted by Crippen LogP contribution is -2.12. The molecular weight excluding hydrogens is 226 g/mol. The number of methoxy groups -OCH3 is 1. The van der Waals surface area contributed by atoms with Crippen molar-refractivity contribution in [3.05, 3.63) is 18.2 Å². The Morgan fingerprint density at radius 3 is 2.44 bits per heavy atom. The van der Waals surface area contributed by atoms with Gasteiger partial charge >= 0.3 is 0 Å². The van der Waals surface area contributed by atoms with Crippen molar-refractivity contribution >= 4 is 5.69 Å². The molecule has 100 valence electrons. The average Bonchev–Trinajstić information content (AvgIpc) is 2.66. The van der Waals surface area contributed by atoms with Crippen LogP contribution in [-0.2, 0) is 0 Å². The fourth-order valence-electron chi connectivity index (χ4n) is 2.57. The van der Waals surface area contributed by atoms with Crippen LogP contribution in [0.25, 0.3) is 0 Å². The minimum Gasteiger partial charge on any atom is -0.494 e. The van der Waals surface area contributed by atoms with Gasteiger partial charge in [0.1, 0.15) is 17.2 Å². The summed E-state index contributed by atoms with van der Waals surface area (Å²) in [6, 6.07) is 5.68. The normalized spacial score (nSPS) is 17.2. The van der Waals surface area contributed by atoms with E-state index in [1.807, 2.05) is 18.2 Å². The predicted octanol–water partition coefficient (Wildman–Crippen LogP) is 3.63. The zero-order valence-electron chi connectivity index (χ0n) is 11.2. The van der Waals surface area contributed by atoms with Gasteiger partial charge in [0.05, 0.1) is 13.7 Å². The maximum absolute atomic E-state index is 5.99. The Morgan fingerprint density at radius 1 is 1.11 bits per heavy atom. The molecule has 1 aromatic carbocycles. The minimum absolute atomic E-state index is 0.605. The number of nitrogen functional groups attached to an aromatic ring is 1. The second-order valence-corrected chi connectivity index (χ2v) is 5.04. The zero-order chi connectivity index (χ0) is 12.8. The summed E-state index contributed by atoms with van der Waals surface area (Å²) in [5, 5.41) is 0. The van der Waals surface area contributed by atoms with E-state index in [4.69, 9.17) is 15.2 Å². The van der Waals surface area contributed by atoms with Crippen molar-refractivity contribution in [3.63, 3.8) is 0 Å². The van der Waals surface area contributed by atoms with Crippen LogP contribution in [0, 0.1) is 5.92 Å². The van der Waals surface area contributed by atoms with Gasteiger partial charge in [0.15, 0.2) is 0 Å². The highest BCUT2D eigenvalue weighted by Gasteiger charge is 2.14. The van der Waals surface area contributed by atoms with Crippen LogP contribution >= 0.6 is 0 Å². The maximum atomic E-state index is 5.99. The van der Waals surface area contributed by atoms with E-state index in [-0.39, 0.29) is 0 Å². The monoisotopic (exact) mass is 249 g/mol. The lowest BCUT2D eigenvalue weighted by atomic mass is 10.0. The van der Waals surface area contributed by atoms with Gasteiger partial charge in [-0.3, -0.25) is 0 Å². The summed E-state index contributed by atoms with van der Waals surface area (Å²) in [4.78, 5) is 0. The molecule has 0 heterocycles. The molecule has 0 amide bonds. The van der Waals surface area contributed by atoms with Gasteiger partial charge in [-0.05, 0) is 30.9 Å². The van der Waals surface area contributed by atoms with E-state index in [2.05, 4.69) is 0 Å². The first-order valence-corrected chi connectivity index (χ1v) is 6.86. The molecule has 3 heteroatoms. The highest BCUT2D eigenvalue weighted by molar-refractivity contribution is 5.62.